The molecule has 0 aromatic heterocycles. The molecule has 0 spiro atoms. The maximum absolute atomic E-state index is 8.66. The third-order valence-electron chi connectivity index (χ3n) is 1.22. The van der Waals surface area contributed by atoms with E-state index in [-0.39, 0.29) is 6.61 Å². The number of hydrogen-bond donors (Lipinski definition) is 1. The summed E-state index contributed by atoms with van der Waals surface area (Å²) in [6.07, 6.45) is 0. The molecule has 0 aliphatic rings. The summed E-state index contributed by atoms with van der Waals surface area (Å²) in [7, 11) is 4.89. The summed E-state index contributed by atoms with van der Waals surface area (Å²) in [4.78, 5) is 0. The first-order valence-electron chi connectivity index (χ1n) is 2.93. The fourth-order valence-corrected chi connectivity index (χ4v) is 0.717. The van der Waals surface area contributed by atoms with Crippen LogP contribution in [-0.4, -0.2) is 13.2 Å². The Labute approximate surface area is 60.9 Å². The zero-order valence-corrected chi connectivity index (χ0v) is 5.45. The molecule has 2 radical (unpaired) electrons. The largest absolute Gasteiger partial charge is 0.568 e. The Morgan fingerprint density at radius 1 is 1.50 bits per heavy atom. The molecule has 50 valence electrons. The molecule has 0 bridgehead atoms. The topological polar surface area (TPSA) is 29.5 Å². The first kappa shape index (κ1) is 7.16. The van der Waals surface area contributed by atoms with Crippen molar-refractivity contribution >= 4 is 8.05 Å². The molecule has 0 unspecified atom stereocenters. The van der Waals surface area contributed by atoms with Gasteiger partial charge in [0.1, 0.15) is 0 Å². The minimum Gasteiger partial charge on any atom is -0.568 e. The Kier molecular flexibility index (Phi) is 2.34. The van der Waals surface area contributed by atoms with Gasteiger partial charge < -0.3 is 9.76 Å². The standard InChI is InChI=1S/C7H7BO2/c8-10-7-3-1-2-6(4-7)5-9/h1-4,9H,5H2. The smallest absolute Gasteiger partial charge is 0.374 e. The number of hydrogen-bond acceptors (Lipinski definition) is 2. The second kappa shape index (κ2) is 3.27. The molecule has 10 heavy (non-hydrogen) atoms. The molecule has 1 aromatic rings. The van der Waals surface area contributed by atoms with Crippen molar-refractivity contribution in [1.29, 1.82) is 0 Å². The van der Waals surface area contributed by atoms with E-state index in [1.807, 2.05) is 0 Å². The monoisotopic (exact) mass is 134 g/mol. The van der Waals surface area contributed by atoms with Crippen molar-refractivity contribution < 1.29 is 9.76 Å². The lowest BCUT2D eigenvalue weighted by atomic mass is 10.2. The second-order valence-electron chi connectivity index (χ2n) is 1.92. The quantitative estimate of drug-likeness (QED) is 0.601. The fourth-order valence-electron chi connectivity index (χ4n) is 0.717. The van der Waals surface area contributed by atoms with Crippen LogP contribution in [0.5, 0.6) is 5.75 Å². The molecule has 0 saturated heterocycles. The van der Waals surface area contributed by atoms with E-state index in [1.165, 1.54) is 0 Å². The van der Waals surface area contributed by atoms with Gasteiger partial charge in [0.15, 0.2) is 0 Å². The summed E-state index contributed by atoms with van der Waals surface area (Å²) in [6.45, 7) is 0.0111. The van der Waals surface area contributed by atoms with Gasteiger partial charge >= 0.3 is 8.05 Å². The summed E-state index contributed by atoms with van der Waals surface area (Å²) in [6, 6.07) is 6.97. The van der Waals surface area contributed by atoms with Crippen LogP contribution in [0.3, 0.4) is 0 Å². The van der Waals surface area contributed by atoms with Gasteiger partial charge in [-0.25, -0.2) is 0 Å². The van der Waals surface area contributed by atoms with E-state index in [2.05, 4.69) is 4.65 Å². The van der Waals surface area contributed by atoms with Crippen LogP contribution in [0.1, 0.15) is 5.56 Å². The van der Waals surface area contributed by atoms with Gasteiger partial charge in [-0.2, -0.15) is 0 Å². The molecular formula is C7H7BO2. The molecule has 0 aliphatic heterocycles. The predicted molar refractivity (Wildman–Crippen MR) is 38.7 cm³/mol. The van der Waals surface area contributed by atoms with Gasteiger partial charge in [-0.05, 0) is 17.7 Å². The minimum absolute atomic E-state index is 0.0111. The van der Waals surface area contributed by atoms with Gasteiger partial charge in [-0.1, -0.05) is 12.1 Å². The molecule has 0 heterocycles. The highest BCUT2D eigenvalue weighted by Gasteiger charge is 1.91. The van der Waals surface area contributed by atoms with Crippen molar-refractivity contribution in [2.24, 2.45) is 0 Å². The normalized spacial score (nSPS) is 9.30. The van der Waals surface area contributed by atoms with E-state index in [4.69, 9.17) is 13.2 Å². The highest BCUT2D eigenvalue weighted by molar-refractivity contribution is 5.99. The van der Waals surface area contributed by atoms with Crippen LogP contribution in [-0.2, 0) is 6.61 Å². The van der Waals surface area contributed by atoms with Gasteiger partial charge in [-0.15, -0.1) is 0 Å². The zero-order valence-electron chi connectivity index (χ0n) is 5.45. The Morgan fingerprint density at radius 3 is 2.90 bits per heavy atom. The lowest BCUT2D eigenvalue weighted by Gasteiger charge is -2.00. The Morgan fingerprint density at radius 2 is 2.30 bits per heavy atom. The van der Waals surface area contributed by atoms with Crippen molar-refractivity contribution in [1.82, 2.24) is 0 Å². The molecule has 1 N–H and O–H groups in total. The van der Waals surface area contributed by atoms with Crippen LogP contribution < -0.4 is 4.65 Å². The molecule has 0 atom stereocenters. The Bertz CT molecular complexity index is 193. The van der Waals surface area contributed by atoms with Gasteiger partial charge in [0.25, 0.3) is 0 Å². The Hall–Kier alpha value is -0.955. The number of rotatable bonds is 2. The van der Waals surface area contributed by atoms with Crippen molar-refractivity contribution in [3.8, 4) is 5.75 Å². The third kappa shape index (κ3) is 1.51. The van der Waals surface area contributed by atoms with Gasteiger partial charge in [0.05, 0.1) is 12.4 Å². The minimum atomic E-state index is 0.0111. The average Bonchev–Trinajstić information content (AvgIpc) is 2.05. The summed E-state index contributed by atoms with van der Waals surface area (Å²) in [5, 5.41) is 8.66. The molecule has 3 heteroatoms. The van der Waals surface area contributed by atoms with Crippen LogP contribution in [0, 0.1) is 0 Å². The van der Waals surface area contributed by atoms with E-state index in [9.17, 15) is 0 Å². The maximum atomic E-state index is 8.66. The van der Waals surface area contributed by atoms with Crippen LogP contribution in [0.4, 0.5) is 0 Å². The second-order valence-corrected chi connectivity index (χ2v) is 1.92. The molecule has 2 nitrogen and oxygen atoms in total. The van der Waals surface area contributed by atoms with Crippen LogP contribution in [0.15, 0.2) is 24.3 Å². The molecule has 0 aliphatic carbocycles. The number of aliphatic hydroxyl groups excluding tert-OH is 1. The Balaban J connectivity index is 2.87. The number of aliphatic hydroxyl groups is 1. The van der Waals surface area contributed by atoms with E-state index in [0.717, 1.165) is 5.56 Å². The first-order chi connectivity index (χ1) is 4.86. The maximum Gasteiger partial charge on any atom is 0.374 e. The summed E-state index contributed by atoms with van der Waals surface area (Å²) < 4.78 is 4.45. The van der Waals surface area contributed by atoms with Crippen LogP contribution >= 0.6 is 0 Å². The highest BCUT2D eigenvalue weighted by Crippen LogP contribution is 2.11. The van der Waals surface area contributed by atoms with Gasteiger partial charge in [-0.3, -0.25) is 0 Å². The molecule has 1 aromatic carbocycles. The summed E-state index contributed by atoms with van der Waals surface area (Å²) in [5.74, 6) is 0.562. The fraction of sp³-hybridized carbons (Fsp3) is 0.143. The molecule has 0 saturated carbocycles. The SMILES string of the molecule is [B]Oc1cccc(CO)c1. The number of benzene rings is 1. The first-order valence-corrected chi connectivity index (χ1v) is 2.93. The molecule has 0 fully saturated rings. The van der Waals surface area contributed by atoms with E-state index < -0.39 is 0 Å². The van der Waals surface area contributed by atoms with Crippen molar-refractivity contribution in [2.45, 2.75) is 6.61 Å². The zero-order chi connectivity index (χ0) is 7.40. The van der Waals surface area contributed by atoms with E-state index in [1.54, 1.807) is 24.3 Å². The third-order valence-corrected chi connectivity index (χ3v) is 1.22. The van der Waals surface area contributed by atoms with Gasteiger partial charge in [0, 0.05) is 0 Å². The van der Waals surface area contributed by atoms with Crippen molar-refractivity contribution in [3.05, 3.63) is 29.8 Å². The molecule has 0 amide bonds. The van der Waals surface area contributed by atoms with Crippen molar-refractivity contribution in [3.63, 3.8) is 0 Å². The summed E-state index contributed by atoms with van der Waals surface area (Å²) in [5.41, 5.74) is 0.794. The van der Waals surface area contributed by atoms with Crippen LogP contribution in [0.2, 0.25) is 0 Å². The highest BCUT2D eigenvalue weighted by atomic mass is 16.4. The van der Waals surface area contributed by atoms with E-state index >= 15 is 0 Å². The van der Waals surface area contributed by atoms with Crippen LogP contribution in [0.25, 0.3) is 0 Å². The van der Waals surface area contributed by atoms with Crippen molar-refractivity contribution in [2.75, 3.05) is 0 Å². The van der Waals surface area contributed by atoms with E-state index in [0.29, 0.717) is 5.75 Å². The summed E-state index contributed by atoms with van der Waals surface area (Å²) >= 11 is 0. The lowest BCUT2D eigenvalue weighted by molar-refractivity contribution is 0.281. The molecular weight excluding hydrogens is 127 g/mol. The lowest BCUT2D eigenvalue weighted by Crippen LogP contribution is -1.87. The van der Waals surface area contributed by atoms with Gasteiger partial charge in [0.2, 0.25) is 0 Å². The predicted octanol–water partition coefficient (Wildman–Crippen LogP) is 0.641. The molecule has 1 rings (SSSR count). The average molecular weight is 134 g/mol.